The number of urea groups is 1. The van der Waals surface area contributed by atoms with E-state index in [4.69, 9.17) is 4.74 Å². The summed E-state index contributed by atoms with van der Waals surface area (Å²) < 4.78 is 18.4. The van der Waals surface area contributed by atoms with Gasteiger partial charge in [-0.15, -0.1) is 0 Å². The average Bonchev–Trinajstić information content (AvgIpc) is 2.62. The zero-order valence-corrected chi connectivity index (χ0v) is 14.5. The molecule has 7 heteroatoms. The molecule has 0 bridgehead atoms. The van der Waals surface area contributed by atoms with Crippen LogP contribution in [0.25, 0.3) is 0 Å². The Balaban J connectivity index is 1.79. The first-order valence-electron chi connectivity index (χ1n) is 8.27. The summed E-state index contributed by atoms with van der Waals surface area (Å²) in [5.74, 6) is 0.523. The molecular formula is C18H23FN4O2. The third kappa shape index (κ3) is 6.39. The molecule has 0 saturated carbocycles. The molecule has 2 N–H and O–H groups in total. The van der Waals surface area contributed by atoms with E-state index in [1.165, 1.54) is 30.5 Å². The summed E-state index contributed by atoms with van der Waals surface area (Å²) in [6.07, 6.45) is 1.50. The molecule has 0 saturated heterocycles. The number of pyridine rings is 1. The summed E-state index contributed by atoms with van der Waals surface area (Å²) in [5, 5.41) is 5.52. The van der Waals surface area contributed by atoms with Crippen LogP contribution >= 0.6 is 0 Å². The van der Waals surface area contributed by atoms with Crippen molar-refractivity contribution >= 4 is 11.7 Å². The van der Waals surface area contributed by atoms with E-state index >= 15 is 0 Å². The zero-order chi connectivity index (χ0) is 18.1. The molecule has 2 rings (SSSR count). The highest BCUT2D eigenvalue weighted by atomic mass is 19.1. The second kappa shape index (κ2) is 9.58. The molecule has 0 aliphatic carbocycles. The maximum atomic E-state index is 12.9. The van der Waals surface area contributed by atoms with Gasteiger partial charge in [-0.05, 0) is 43.4 Å². The van der Waals surface area contributed by atoms with Gasteiger partial charge in [-0.3, -0.25) is 0 Å². The van der Waals surface area contributed by atoms with Crippen molar-refractivity contribution in [3.05, 3.63) is 48.4 Å². The Labute approximate surface area is 147 Å². The van der Waals surface area contributed by atoms with E-state index in [2.05, 4.69) is 34.4 Å². The van der Waals surface area contributed by atoms with E-state index in [0.29, 0.717) is 23.9 Å². The Bertz CT molecular complexity index is 658. The highest BCUT2D eigenvalue weighted by Crippen LogP contribution is 2.20. The second-order valence-corrected chi connectivity index (χ2v) is 5.35. The minimum Gasteiger partial charge on any atom is -0.439 e. The number of aromatic nitrogens is 1. The lowest BCUT2D eigenvalue weighted by Crippen LogP contribution is -2.36. The molecule has 25 heavy (non-hydrogen) atoms. The van der Waals surface area contributed by atoms with Gasteiger partial charge in [-0.1, -0.05) is 13.8 Å². The predicted molar refractivity (Wildman–Crippen MR) is 95.5 cm³/mol. The SMILES string of the molecule is CCN(CC)CCNC(=O)Nc1ccc(Oc2ccc(F)cc2)nc1. The van der Waals surface area contributed by atoms with Crippen LogP contribution in [-0.2, 0) is 0 Å². The van der Waals surface area contributed by atoms with Gasteiger partial charge in [0.15, 0.2) is 0 Å². The maximum Gasteiger partial charge on any atom is 0.319 e. The van der Waals surface area contributed by atoms with Crippen molar-refractivity contribution in [1.82, 2.24) is 15.2 Å². The van der Waals surface area contributed by atoms with Gasteiger partial charge >= 0.3 is 6.03 Å². The van der Waals surface area contributed by atoms with Crippen molar-refractivity contribution in [1.29, 1.82) is 0 Å². The number of benzene rings is 1. The van der Waals surface area contributed by atoms with Gasteiger partial charge in [0.25, 0.3) is 0 Å². The van der Waals surface area contributed by atoms with Crippen LogP contribution < -0.4 is 15.4 Å². The molecule has 0 aliphatic rings. The van der Waals surface area contributed by atoms with Crippen molar-refractivity contribution in [2.75, 3.05) is 31.5 Å². The topological polar surface area (TPSA) is 66.5 Å². The Morgan fingerprint density at radius 3 is 2.48 bits per heavy atom. The molecule has 2 aromatic rings. The standard InChI is InChI=1S/C18H23FN4O2/c1-3-23(4-2)12-11-20-18(24)22-15-7-10-17(21-13-15)25-16-8-5-14(19)6-9-16/h5-10,13H,3-4,11-12H2,1-2H3,(H2,20,22,24). The van der Waals surface area contributed by atoms with Crippen LogP contribution in [0.1, 0.15) is 13.8 Å². The van der Waals surface area contributed by atoms with Crippen LogP contribution in [0.2, 0.25) is 0 Å². The molecule has 2 amide bonds. The van der Waals surface area contributed by atoms with Crippen LogP contribution in [-0.4, -0.2) is 42.1 Å². The smallest absolute Gasteiger partial charge is 0.319 e. The fourth-order valence-corrected chi connectivity index (χ4v) is 2.18. The quantitative estimate of drug-likeness (QED) is 0.768. The van der Waals surface area contributed by atoms with Crippen molar-refractivity contribution in [2.45, 2.75) is 13.8 Å². The molecule has 0 spiro atoms. The number of nitrogens with zero attached hydrogens (tertiary/aromatic N) is 2. The number of ether oxygens (including phenoxy) is 1. The van der Waals surface area contributed by atoms with E-state index in [1.54, 1.807) is 12.1 Å². The van der Waals surface area contributed by atoms with Crippen molar-refractivity contribution in [2.24, 2.45) is 0 Å². The fraction of sp³-hybridized carbons (Fsp3) is 0.333. The number of hydrogen-bond donors (Lipinski definition) is 2. The van der Waals surface area contributed by atoms with Gasteiger partial charge in [-0.25, -0.2) is 14.2 Å². The normalized spacial score (nSPS) is 10.6. The summed E-state index contributed by atoms with van der Waals surface area (Å²) in [6.45, 7) is 7.48. The number of amides is 2. The Morgan fingerprint density at radius 1 is 1.16 bits per heavy atom. The van der Waals surface area contributed by atoms with Gasteiger partial charge in [0, 0.05) is 19.2 Å². The average molecular weight is 346 g/mol. The number of anilines is 1. The first-order valence-corrected chi connectivity index (χ1v) is 8.27. The third-order valence-electron chi connectivity index (χ3n) is 3.64. The number of carbonyl (C=O) groups is 1. The molecule has 1 heterocycles. The predicted octanol–water partition coefficient (Wildman–Crippen LogP) is 3.48. The van der Waals surface area contributed by atoms with Crippen molar-refractivity contribution in [3.8, 4) is 11.6 Å². The summed E-state index contributed by atoms with van der Waals surface area (Å²) in [7, 11) is 0. The maximum absolute atomic E-state index is 12.9. The van der Waals surface area contributed by atoms with E-state index in [9.17, 15) is 9.18 Å². The molecule has 0 radical (unpaired) electrons. The van der Waals surface area contributed by atoms with Gasteiger partial charge in [-0.2, -0.15) is 0 Å². The van der Waals surface area contributed by atoms with E-state index in [0.717, 1.165) is 19.6 Å². The molecule has 6 nitrogen and oxygen atoms in total. The molecule has 1 aromatic heterocycles. The van der Waals surface area contributed by atoms with E-state index < -0.39 is 0 Å². The van der Waals surface area contributed by atoms with Gasteiger partial charge in [0.1, 0.15) is 11.6 Å². The van der Waals surface area contributed by atoms with Crippen LogP contribution in [0.15, 0.2) is 42.6 Å². The molecular weight excluding hydrogens is 323 g/mol. The minimum atomic E-state index is -0.327. The van der Waals surface area contributed by atoms with E-state index in [-0.39, 0.29) is 11.8 Å². The molecule has 0 aliphatic heterocycles. The van der Waals surface area contributed by atoms with Crippen LogP contribution in [0.3, 0.4) is 0 Å². The van der Waals surface area contributed by atoms with Crippen LogP contribution in [0.4, 0.5) is 14.9 Å². The summed E-state index contributed by atoms with van der Waals surface area (Å²) in [6, 6.07) is 8.71. The molecule has 0 unspecified atom stereocenters. The van der Waals surface area contributed by atoms with Crippen LogP contribution in [0.5, 0.6) is 11.6 Å². The molecule has 134 valence electrons. The molecule has 0 atom stereocenters. The Kier molecular flexibility index (Phi) is 7.16. The lowest BCUT2D eigenvalue weighted by Gasteiger charge is -2.18. The van der Waals surface area contributed by atoms with Crippen LogP contribution in [0, 0.1) is 5.82 Å². The van der Waals surface area contributed by atoms with Crippen molar-refractivity contribution in [3.63, 3.8) is 0 Å². The number of likely N-dealkylation sites (N-methyl/N-ethyl adjacent to an activating group) is 1. The lowest BCUT2D eigenvalue weighted by atomic mass is 10.3. The molecule has 0 fully saturated rings. The first kappa shape index (κ1) is 18.7. The molecule has 1 aromatic carbocycles. The van der Waals surface area contributed by atoms with E-state index in [1.807, 2.05) is 0 Å². The second-order valence-electron chi connectivity index (χ2n) is 5.35. The lowest BCUT2D eigenvalue weighted by molar-refractivity contribution is 0.248. The zero-order valence-electron chi connectivity index (χ0n) is 14.5. The van der Waals surface area contributed by atoms with Gasteiger partial charge in [0.05, 0.1) is 11.9 Å². The number of hydrogen-bond acceptors (Lipinski definition) is 4. The minimum absolute atomic E-state index is 0.277. The van der Waals surface area contributed by atoms with Gasteiger partial charge in [0.2, 0.25) is 5.88 Å². The van der Waals surface area contributed by atoms with Crippen molar-refractivity contribution < 1.29 is 13.9 Å². The Hall–Kier alpha value is -2.67. The highest BCUT2D eigenvalue weighted by Gasteiger charge is 2.05. The third-order valence-corrected chi connectivity index (χ3v) is 3.64. The highest BCUT2D eigenvalue weighted by molar-refractivity contribution is 5.88. The number of halogens is 1. The summed E-state index contributed by atoms with van der Waals surface area (Å²) in [4.78, 5) is 18.2. The number of carbonyl (C=O) groups excluding carboxylic acids is 1. The first-order chi connectivity index (χ1) is 12.1. The number of rotatable bonds is 8. The van der Waals surface area contributed by atoms with Gasteiger partial charge < -0.3 is 20.3 Å². The largest absolute Gasteiger partial charge is 0.439 e. The Morgan fingerprint density at radius 2 is 1.88 bits per heavy atom. The fourth-order valence-electron chi connectivity index (χ4n) is 2.18. The summed E-state index contributed by atoms with van der Waals surface area (Å²) >= 11 is 0. The summed E-state index contributed by atoms with van der Waals surface area (Å²) in [5.41, 5.74) is 0.562. The number of nitrogens with one attached hydrogen (secondary N) is 2. The monoisotopic (exact) mass is 346 g/mol.